The molecule has 6 rings (SSSR count). The highest BCUT2D eigenvalue weighted by Crippen LogP contribution is 2.34. The predicted octanol–water partition coefficient (Wildman–Crippen LogP) is 4.91. The first kappa shape index (κ1) is 20.3. The first-order valence-electron chi connectivity index (χ1n) is 11.0. The number of nitrogens with two attached hydrogens (primary N) is 1. The van der Waals surface area contributed by atoms with E-state index in [0.29, 0.717) is 46.3 Å². The zero-order valence-corrected chi connectivity index (χ0v) is 18.1. The van der Waals surface area contributed by atoms with Crippen molar-refractivity contribution >= 4 is 22.8 Å². The Morgan fingerprint density at radius 1 is 0.794 bits per heavy atom. The molecule has 0 amide bonds. The van der Waals surface area contributed by atoms with E-state index in [1.807, 2.05) is 6.07 Å². The maximum absolute atomic E-state index is 13.7. The summed E-state index contributed by atoms with van der Waals surface area (Å²) in [5.41, 5.74) is 11.4. The molecule has 2 aromatic heterocycles. The Morgan fingerprint density at radius 3 is 2.21 bits per heavy atom. The van der Waals surface area contributed by atoms with Gasteiger partial charge in [0.2, 0.25) is 5.95 Å². The second kappa shape index (κ2) is 7.91. The van der Waals surface area contributed by atoms with E-state index in [9.17, 15) is 8.78 Å². The van der Waals surface area contributed by atoms with Crippen LogP contribution in [0.5, 0.6) is 0 Å². The Morgan fingerprint density at radius 2 is 1.47 bits per heavy atom. The van der Waals surface area contributed by atoms with Crippen LogP contribution >= 0.6 is 0 Å². The Hall–Kier alpha value is -4.33. The van der Waals surface area contributed by atoms with Crippen LogP contribution in [-0.4, -0.2) is 26.3 Å². The van der Waals surface area contributed by atoms with Crippen molar-refractivity contribution in [2.24, 2.45) is 0 Å². The molecule has 0 bridgehead atoms. The zero-order valence-electron chi connectivity index (χ0n) is 18.1. The van der Waals surface area contributed by atoms with Crippen LogP contribution in [0.2, 0.25) is 0 Å². The average Bonchev–Trinajstić information content (AvgIpc) is 3.20. The summed E-state index contributed by atoms with van der Waals surface area (Å²) in [6.45, 7) is 1.44. The van der Waals surface area contributed by atoms with Crippen LogP contribution in [0.25, 0.3) is 28.0 Å². The number of fused-ring (bicyclic) bond motifs is 2. The van der Waals surface area contributed by atoms with Gasteiger partial charge in [0.05, 0.1) is 16.8 Å². The summed E-state index contributed by atoms with van der Waals surface area (Å²) in [4.78, 5) is 11.7. The van der Waals surface area contributed by atoms with E-state index in [-0.39, 0.29) is 11.6 Å². The molecule has 8 heteroatoms. The number of rotatable bonds is 3. The summed E-state index contributed by atoms with van der Waals surface area (Å²) in [7, 11) is 0. The summed E-state index contributed by atoms with van der Waals surface area (Å²) >= 11 is 0. The number of hydrogen-bond acceptors (Lipinski definition) is 5. The van der Waals surface area contributed by atoms with Gasteiger partial charge in [-0.2, -0.15) is 4.98 Å². The number of benzene rings is 3. The number of aromatic nitrogens is 4. The molecule has 5 aromatic rings. The fourth-order valence-corrected chi connectivity index (χ4v) is 4.40. The van der Waals surface area contributed by atoms with Crippen molar-refractivity contribution in [3.05, 3.63) is 95.6 Å². The third kappa shape index (κ3) is 3.44. The van der Waals surface area contributed by atoms with Crippen LogP contribution in [-0.2, 0) is 13.0 Å². The highest BCUT2D eigenvalue weighted by molar-refractivity contribution is 5.99. The standard InChI is InChI=1S/C26H20F2N6/c27-19-7-5-17(6-8-19)23-22-24(29)34(21-11-9-20(28)10-12-21)32-25(22)31-26(30-23)33-14-13-16-3-1-2-4-18(16)15-33/h1-12H,13-15,29H2. The lowest BCUT2D eigenvalue weighted by molar-refractivity contribution is 0.627. The van der Waals surface area contributed by atoms with Gasteiger partial charge in [-0.3, -0.25) is 0 Å². The maximum atomic E-state index is 13.7. The summed E-state index contributed by atoms with van der Waals surface area (Å²) in [5.74, 6) is 0.178. The minimum absolute atomic E-state index is 0.330. The lowest BCUT2D eigenvalue weighted by atomic mass is 10.0. The molecule has 0 spiro atoms. The smallest absolute Gasteiger partial charge is 0.228 e. The van der Waals surface area contributed by atoms with E-state index in [4.69, 9.17) is 15.7 Å². The largest absolute Gasteiger partial charge is 0.383 e. The molecule has 0 unspecified atom stereocenters. The highest BCUT2D eigenvalue weighted by atomic mass is 19.1. The average molecular weight is 454 g/mol. The Labute approximate surface area is 194 Å². The van der Waals surface area contributed by atoms with Gasteiger partial charge in [-0.05, 0) is 66.1 Å². The molecule has 6 nitrogen and oxygen atoms in total. The predicted molar refractivity (Wildman–Crippen MR) is 128 cm³/mol. The molecule has 0 saturated heterocycles. The molecule has 0 fully saturated rings. The van der Waals surface area contributed by atoms with Crippen LogP contribution in [0.4, 0.5) is 20.5 Å². The first-order chi connectivity index (χ1) is 16.6. The minimum Gasteiger partial charge on any atom is -0.383 e. The molecule has 0 radical (unpaired) electrons. The van der Waals surface area contributed by atoms with Crippen molar-refractivity contribution in [3.8, 4) is 16.9 Å². The second-order valence-electron chi connectivity index (χ2n) is 8.29. The van der Waals surface area contributed by atoms with E-state index in [0.717, 1.165) is 13.0 Å². The minimum atomic E-state index is -0.349. The van der Waals surface area contributed by atoms with Gasteiger partial charge in [0.1, 0.15) is 17.5 Å². The van der Waals surface area contributed by atoms with E-state index in [1.165, 1.54) is 40.1 Å². The molecule has 0 atom stereocenters. The molecule has 0 aliphatic carbocycles. The van der Waals surface area contributed by atoms with Gasteiger partial charge < -0.3 is 10.6 Å². The van der Waals surface area contributed by atoms with Crippen LogP contribution in [0, 0.1) is 11.6 Å². The highest BCUT2D eigenvalue weighted by Gasteiger charge is 2.24. The summed E-state index contributed by atoms with van der Waals surface area (Å²) < 4.78 is 28.7. The van der Waals surface area contributed by atoms with E-state index in [2.05, 4.69) is 28.2 Å². The van der Waals surface area contributed by atoms with Crippen molar-refractivity contribution in [3.63, 3.8) is 0 Å². The summed E-state index contributed by atoms with van der Waals surface area (Å²) in [6.07, 6.45) is 0.885. The van der Waals surface area contributed by atoms with Crippen molar-refractivity contribution < 1.29 is 8.78 Å². The third-order valence-corrected chi connectivity index (χ3v) is 6.16. The summed E-state index contributed by atoms with van der Waals surface area (Å²) in [5, 5.41) is 5.20. The lowest BCUT2D eigenvalue weighted by Crippen LogP contribution is -2.31. The quantitative estimate of drug-likeness (QED) is 0.420. The van der Waals surface area contributed by atoms with Gasteiger partial charge >= 0.3 is 0 Å². The topological polar surface area (TPSA) is 72.9 Å². The SMILES string of the molecule is Nc1c2c(-c3ccc(F)cc3)nc(N3CCc4ccccc4C3)nc2nn1-c1ccc(F)cc1. The lowest BCUT2D eigenvalue weighted by Gasteiger charge is -2.29. The van der Waals surface area contributed by atoms with Crippen LogP contribution in [0.15, 0.2) is 72.8 Å². The monoisotopic (exact) mass is 454 g/mol. The molecule has 168 valence electrons. The Balaban J connectivity index is 1.53. The molecule has 0 saturated carbocycles. The molecule has 3 aromatic carbocycles. The molecular weight excluding hydrogens is 434 g/mol. The normalized spacial score (nSPS) is 13.3. The zero-order chi connectivity index (χ0) is 23.2. The van der Waals surface area contributed by atoms with E-state index >= 15 is 0 Å². The Kier molecular flexibility index (Phi) is 4.72. The molecule has 1 aliphatic heterocycles. The molecule has 1 aliphatic rings. The van der Waals surface area contributed by atoms with Gasteiger partial charge in [-0.15, -0.1) is 5.10 Å². The number of halogens is 2. The molecule has 2 N–H and O–H groups in total. The summed E-state index contributed by atoms with van der Waals surface area (Å²) in [6, 6.07) is 20.4. The first-order valence-corrected chi connectivity index (χ1v) is 11.0. The maximum Gasteiger partial charge on any atom is 0.228 e. The fraction of sp³-hybridized carbons (Fsp3) is 0.115. The Bertz CT molecular complexity index is 1510. The van der Waals surface area contributed by atoms with Crippen LogP contribution in [0.3, 0.4) is 0 Å². The number of nitrogens with zero attached hydrogens (tertiary/aromatic N) is 5. The number of hydrogen-bond donors (Lipinski definition) is 1. The van der Waals surface area contributed by atoms with Gasteiger partial charge in [-0.1, -0.05) is 24.3 Å². The number of anilines is 2. The van der Waals surface area contributed by atoms with Gasteiger partial charge in [0.15, 0.2) is 5.65 Å². The third-order valence-electron chi connectivity index (χ3n) is 6.16. The van der Waals surface area contributed by atoms with Gasteiger partial charge in [-0.25, -0.2) is 18.4 Å². The molecule has 3 heterocycles. The van der Waals surface area contributed by atoms with E-state index in [1.54, 1.807) is 24.3 Å². The molecular formula is C26H20F2N6. The van der Waals surface area contributed by atoms with Crippen molar-refractivity contribution in [1.82, 2.24) is 19.7 Å². The number of nitrogen functional groups attached to an aromatic ring is 1. The van der Waals surface area contributed by atoms with Crippen LogP contribution in [0.1, 0.15) is 11.1 Å². The van der Waals surface area contributed by atoms with Gasteiger partial charge in [0, 0.05) is 18.7 Å². The van der Waals surface area contributed by atoms with E-state index < -0.39 is 0 Å². The van der Waals surface area contributed by atoms with Crippen molar-refractivity contribution in [2.45, 2.75) is 13.0 Å². The van der Waals surface area contributed by atoms with Crippen molar-refractivity contribution in [2.75, 3.05) is 17.2 Å². The second-order valence-corrected chi connectivity index (χ2v) is 8.29. The van der Waals surface area contributed by atoms with Crippen LogP contribution < -0.4 is 10.6 Å². The van der Waals surface area contributed by atoms with Crippen molar-refractivity contribution in [1.29, 1.82) is 0 Å². The molecule has 34 heavy (non-hydrogen) atoms. The fourth-order valence-electron chi connectivity index (χ4n) is 4.40. The van der Waals surface area contributed by atoms with Gasteiger partial charge in [0.25, 0.3) is 0 Å².